The van der Waals surface area contributed by atoms with Crippen LogP contribution in [-0.2, 0) is 0 Å². The van der Waals surface area contributed by atoms with Crippen molar-refractivity contribution in [3.05, 3.63) is 53.6 Å². The van der Waals surface area contributed by atoms with Gasteiger partial charge in [0.2, 0.25) is 0 Å². The van der Waals surface area contributed by atoms with Gasteiger partial charge in [-0.1, -0.05) is 12.1 Å². The smallest absolute Gasteiger partial charge is 0.251 e. The number of amides is 1. The molecule has 5 nitrogen and oxygen atoms in total. The SMILES string of the molecule is CNC(=O)c1cccc(N=Cc2cccc(OC)c2O)c1. The van der Waals surface area contributed by atoms with E-state index in [2.05, 4.69) is 10.3 Å². The van der Waals surface area contributed by atoms with Crippen LogP contribution in [-0.4, -0.2) is 31.4 Å². The fraction of sp³-hybridized carbons (Fsp3) is 0.125. The van der Waals surface area contributed by atoms with Crippen LogP contribution < -0.4 is 10.1 Å². The van der Waals surface area contributed by atoms with Gasteiger partial charge in [-0.3, -0.25) is 9.79 Å². The summed E-state index contributed by atoms with van der Waals surface area (Å²) in [6, 6.07) is 12.1. The fourth-order valence-electron chi connectivity index (χ4n) is 1.82. The van der Waals surface area contributed by atoms with Crippen LogP contribution in [0.1, 0.15) is 15.9 Å². The number of nitrogens with zero attached hydrogens (tertiary/aromatic N) is 1. The van der Waals surface area contributed by atoms with E-state index in [4.69, 9.17) is 4.74 Å². The van der Waals surface area contributed by atoms with Gasteiger partial charge >= 0.3 is 0 Å². The summed E-state index contributed by atoms with van der Waals surface area (Å²) in [4.78, 5) is 15.8. The Morgan fingerprint density at radius 2 is 2.05 bits per heavy atom. The molecule has 0 aliphatic carbocycles. The summed E-state index contributed by atoms with van der Waals surface area (Å²) < 4.78 is 5.04. The third-order valence-corrected chi connectivity index (χ3v) is 2.94. The Kier molecular flexibility index (Phi) is 4.56. The molecule has 0 bridgehead atoms. The Hall–Kier alpha value is -2.82. The van der Waals surface area contributed by atoms with Crippen molar-refractivity contribution in [2.45, 2.75) is 0 Å². The highest BCUT2D eigenvalue weighted by molar-refractivity contribution is 5.95. The van der Waals surface area contributed by atoms with Gasteiger partial charge < -0.3 is 15.2 Å². The van der Waals surface area contributed by atoms with Gasteiger partial charge in [0.05, 0.1) is 12.8 Å². The van der Waals surface area contributed by atoms with Gasteiger partial charge in [0, 0.05) is 24.4 Å². The number of para-hydroxylation sites is 1. The number of hydrogen-bond acceptors (Lipinski definition) is 4. The zero-order chi connectivity index (χ0) is 15.2. The number of aromatic hydroxyl groups is 1. The Bertz CT molecular complexity index is 681. The minimum atomic E-state index is -0.170. The zero-order valence-corrected chi connectivity index (χ0v) is 11.8. The molecule has 0 radical (unpaired) electrons. The second kappa shape index (κ2) is 6.56. The lowest BCUT2D eigenvalue weighted by Crippen LogP contribution is -2.17. The first-order valence-corrected chi connectivity index (χ1v) is 6.38. The molecule has 108 valence electrons. The number of carbonyl (C=O) groups is 1. The van der Waals surface area contributed by atoms with E-state index in [1.807, 2.05) is 0 Å². The fourth-order valence-corrected chi connectivity index (χ4v) is 1.82. The second-order valence-corrected chi connectivity index (χ2v) is 4.29. The van der Waals surface area contributed by atoms with Gasteiger partial charge in [-0.2, -0.15) is 0 Å². The van der Waals surface area contributed by atoms with Gasteiger partial charge in [0.1, 0.15) is 0 Å². The highest BCUT2D eigenvalue weighted by Gasteiger charge is 2.05. The van der Waals surface area contributed by atoms with Gasteiger partial charge in [-0.15, -0.1) is 0 Å². The minimum Gasteiger partial charge on any atom is -0.504 e. The van der Waals surface area contributed by atoms with Crippen LogP contribution in [0.15, 0.2) is 47.5 Å². The van der Waals surface area contributed by atoms with Crippen LogP contribution in [0.2, 0.25) is 0 Å². The van der Waals surface area contributed by atoms with Gasteiger partial charge in [0.15, 0.2) is 11.5 Å². The standard InChI is InChI=1S/C16H16N2O3/c1-17-16(20)11-5-3-7-13(9-11)18-10-12-6-4-8-14(21-2)15(12)19/h3-10,19H,1-2H3,(H,17,20). The number of ether oxygens (including phenoxy) is 1. The number of nitrogens with one attached hydrogen (secondary N) is 1. The van der Waals surface area contributed by atoms with Crippen molar-refractivity contribution in [1.29, 1.82) is 0 Å². The van der Waals surface area contributed by atoms with Crippen molar-refractivity contribution in [2.75, 3.05) is 14.2 Å². The van der Waals surface area contributed by atoms with E-state index >= 15 is 0 Å². The summed E-state index contributed by atoms with van der Waals surface area (Å²) >= 11 is 0. The predicted octanol–water partition coefficient (Wildman–Crippen LogP) is 2.51. The van der Waals surface area contributed by atoms with E-state index in [-0.39, 0.29) is 11.7 Å². The molecule has 2 N–H and O–H groups in total. The maximum absolute atomic E-state index is 11.6. The van der Waals surface area contributed by atoms with Crippen molar-refractivity contribution in [3.63, 3.8) is 0 Å². The summed E-state index contributed by atoms with van der Waals surface area (Å²) in [5.41, 5.74) is 1.69. The number of carbonyl (C=O) groups excluding carboxylic acids is 1. The molecule has 0 aliphatic heterocycles. The number of benzene rings is 2. The van der Waals surface area contributed by atoms with Gasteiger partial charge in [0.25, 0.3) is 5.91 Å². The topological polar surface area (TPSA) is 70.9 Å². The number of rotatable bonds is 4. The average Bonchev–Trinajstić information content (AvgIpc) is 2.53. The Morgan fingerprint density at radius 3 is 2.76 bits per heavy atom. The van der Waals surface area contributed by atoms with Crippen molar-refractivity contribution in [3.8, 4) is 11.5 Å². The highest BCUT2D eigenvalue weighted by atomic mass is 16.5. The average molecular weight is 284 g/mol. The molecule has 0 fully saturated rings. The Labute approximate surface area is 122 Å². The van der Waals surface area contributed by atoms with Crippen molar-refractivity contribution in [1.82, 2.24) is 5.32 Å². The molecule has 0 atom stereocenters. The first-order chi connectivity index (χ1) is 10.2. The first-order valence-electron chi connectivity index (χ1n) is 6.38. The first kappa shape index (κ1) is 14.6. The number of methoxy groups -OCH3 is 1. The molecule has 2 rings (SSSR count). The third kappa shape index (κ3) is 3.39. The van der Waals surface area contributed by atoms with Crippen molar-refractivity contribution in [2.24, 2.45) is 4.99 Å². The van der Waals surface area contributed by atoms with Crippen LogP contribution in [0.5, 0.6) is 11.5 Å². The largest absolute Gasteiger partial charge is 0.504 e. The van der Waals surface area contributed by atoms with Crippen LogP contribution in [0.3, 0.4) is 0 Å². The van der Waals surface area contributed by atoms with Crippen LogP contribution in [0.4, 0.5) is 5.69 Å². The Balaban J connectivity index is 2.28. The third-order valence-electron chi connectivity index (χ3n) is 2.94. The summed E-state index contributed by atoms with van der Waals surface area (Å²) in [5, 5.41) is 12.5. The van der Waals surface area contributed by atoms with E-state index in [0.29, 0.717) is 22.6 Å². The highest BCUT2D eigenvalue weighted by Crippen LogP contribution is 2.28. The molecular weight excluding hydrogens is 268 g/mol. The normalized spacial score (nSPS) is 10.6. The Morgan fingerprint density at radius 1 is 1.29 bits per heavy atom. The maximum Gasteiger partial charge on any atom is 0.251 e. The van der Waals surface area contributed by atoms with E-state index in [1.54, 1.807) is 49.5 Å². The van der Waals surface area contributed by atoms with Crippen LogP contribution in [0, 0.1) is 0 Å². The summed E-state index contributed by atoms with van der Waals surface area (Å²) in [6.45, 7) is 0. The lowest BCUT2D eigenvalue weighted by Gasteiger charge is -2.05. The molecule has 0 aliphatic rings. The monoisotopic (exact) mass is 284 g/mol. The number of phenols is 1. The molecule has 0 saturated heterocycles. The molecule has 0 heterocycles. The van der Waals surface area contributed by atoms with Crippen molar-refractivity contribution >= 4 is 17.8 Å². The number of aliphatic imine (C=N–C) groups is 1. The lowest BCUT2D eigenvalue weighted by molar-refractivity contribution is 0.0963. The molecule has 0 unspecified atom stereocenters. The maximum atomic E-state index is 11.6. The molecule has 0 spiro atoms. The summed E-state index contributed by atoms with van der Waals surface area (Å²) in [5.74, 6) is 0.251. The quantitative estimate of drug-likeness (QED) is 0.847. The summed E-state index contributed by atoms with van der Waals surface area (Å²) in [7, 11) is 3.06. The molecule has 2 aromatic carbocycles. The van der Waals surface area contributed by atoms with E-state index in [1.165, 1.54) is 13.3 Å². The van der Waals surface area contributed by atoms with E-state index < -0.39 is 0 Å². The molecule has 0 saturated carbocycles. The molecule has 1 amide bonds. The number of hydrogen-bond donors (Lipinski definition) is 2. The van der Waals surface area contributed by atoms with Crippen LogP contribution >= 0.6 is 0 Å². The second-order valence-electron chi connectivity index (χ2n) is 4.29. The summed E-state index contributed by atoms with van der Waals surface area (Å²) in [6.07, 6.45) is 1.53. The predicted molar refractivity (Wildman–Crippen MR) is 81.7 cm³/mol. The van der Waals surface area contributed by atoms with Crippen LogP contribution in [0.25, 0.3) is 0 Å². The van der Waals surface area contributed by atoms with E-state index in [9.17, 15) is 9.90 Å². The molecular formula is C16H16N2O3. The van der Waals surface area contributed by atoms with Gasteiger partial charge in [-0.25, -0.2) is 0 Å². The zero-order valence-electron chi connectivity index (χ0n) is 11.8. The molecule has 0 aromatic heterocycles. The molecule has 5 heteroatoms. The lowest BCUT2D eigenvalue weighted by atomic mass is 10.2. The van der Waals surface area contributed by atoms with Gasteiger partial charge in [-0.05, 0) is 30.3 Å². The number of phenolic OH excluding ortho intramolecular Hbond substituents is 1. The minimum absolute atomic E-state index is 0.0335. The van der Waals surface area contributed by atoms with Crippen molar-refractivity contribution < 1.29 is 14.6 Å². The van der Waals surface area contributed by atoms with E-state index in [0.717, 1.165) is 0 Å². The molecule has 21 heavy (non-hydrogen) atoms. The molecule has 2 aromatic rings.